The minimum absolute atomic E-state index is 0.732. The lowest BCUT2D eigenvalue weighted by Gasteiger charge is -2.20. The molecule has 1 aliphatic rings. The maximum atomic E-state index is 5.97. The zero-order valence-electron chi connectivity index (χ0n) is 13.6. The third kappa shape index (κ3) is 6.46. The lowest BCUT2D eigenvalue weighted by Crippen LogP contribution is -2.31. The molecule has 0 atom stereocenters. The van der Waals surface area contributed by atoms with Gasteiger partial charge in [-0.05, 0) is 40.1 Å². The van der Waals surface area contributed by atoms with Gasteiger partial charge in [0.1, 0.15) is 12.4 Å². The fourth-order valence-electron chi connectivity index (χ4n) is 2.13. The number of rotatable bonds is 10. The van der Waals surface area contributed by atoms with Gasteiger partial charge in [-0.1, -0.05) is 18.2 Å². The van der Waals surface area contributed by atoms with E-state index in [0.717, 1.165) is 44.6 Å². The Labute approximate surface area is 129 Å². The van der Waals surface area contributed by atoms with Gasteiger partial charge in [0.15, 0.2) is 0 Å². The summed E-state index contributed by atoms with van der Waals surface area (Å²) in [6, 6.07) is 9.09. The summed E-state index contributed by atoms with van der Waals surface area (Å²) < 4.78 is 5.97. The maximum Gasteiger partial charge on any atom is 0.123 e. The first-order valence-electron chi connectivity index (χ1n) is 7.92. The molecule has 1 N–H and O–H groups in total. The molecule has 1 aliphatic carbocycles. The standard InChI is InChI=1S/C17H29N3O/c1-19(2)10-11-20(3)12-13-21-17-7-5-4-6-15(17)14-18-16-8-9-16/h4-7,16,18H,8-14H2,1-3H3. The average Bonchev–Trinajstić information content (AvgIpc) is 3.28. The predicted octanol–water partition coefficient (Wildman–Crippen LogP) is 1.81. The fourth-order valence-corrected chi connectivity index (χ4v) is 2.13. The van der Waals surface area contributed by atoms with Crippen molar-refractivity contribution in [2.24, 2.45) is 0 Å². The largest absolute Gasteiger partial charge is 0.492 e. The molecule has 4 heteroatoms. The Kier molecular flexibility index (Phi) is 6.49. The van der Waals surface area contributed by atoms with Gasteiger partial charge in [-0.15, -0.1) is 0 Å². The Balaban J connectivity index is 1.71. The number of nitrogens with zero attached hydrogens (tertiary/aromatic N) is 2. The third-order valence-corrected chi connectivity index (χ3v) is 3.79. The van der Waals surface area contributed by atoms with Crippen LogP contribution in [0.4, 0.5) is 0 Å². The first-order valence-corrected chi connectivity index (χ1v) is 7.92. The van der Waals surface area contributed by atoms with Gasteiger partial charge in [-0.3, -0.25) is 0 Å². The van der Waals surface area contributed by atoms with Crippen LogP contribution < -0.4 is 10.1 Å². The van der Waals surface area contributed by atoms with Crippen LogP contribution in [0, 0.1) is 0 Å². The van der Waals surface area contributed by atoms with Gasteiger partial charge in [0.25, 0.3) is 0 Å². The molecule has 0 aliphatic heterocycles. The second kappa shape index (κ2) is 8.37. The van der Waals surface area contributed by atoms with Gasteiger partial charge in [0.2, 0.25) is 0 Å². The SMILES string of the molecule is CN(C)CCN(C)CCOc1ccccc1CNC1CC1. The van der Waals surface area contributed by atoms with E-state index in [9.17, 15) is 0 Å². The van der Waals surface area contributed by atoms with Crippen LogP contribution in [0.15, 0.2) is 24.3 Å². The van der Waals surface area contributed by atoms with Gasteiger partial charge in [0, 0.05) is 37.8 Å². The van der Waals surface area contributed by atoms with Crippen LogP contribution in [-0.2, 0) is 6.54 Å². The van der Waals surface area contributed by atoms with Crippen LogP contribution in [0.25, 0.3) is 0 Å². The van der Waals surface area contributed by atoms with E-state index in [2.05, 4.69) is 54.5 Å². The molecular weight excluding hydrogens is 262 g/mol. The van der Waals surface area contributed by atoms with Crippen molar-refractivity contribution in [3.05, 3.63) is 29.8 Å². The zero-order valence-corrected chi connectivity index (χ0v) is 13.6. The van der Waals surface area contributed by atoms with Crippen LogP contribution in [0.3, 0.4) is 0 Å². The summed E-state index contributed by atoms with van der Waals surface area (Å²) in [5, 5.41) is 3.55. The van der Waals surface area contributed by atoms with Crippen LogP contribution in [0.2, 0.25) is 0 Å². The number of benzene rings is 1. The minimum atomic E-state index is 0.732. The molecule has 0 unspecified atom stereocenters. The highest BCUT2D eigenvalue weighted by molar-refractivity contribution is 5.33. The van der Waals surface area contributed by atoms with Crippen molar-refractivity contribution >= 4 is 0 Å². The summed E-state index contributed by atoms with van der Waals surface area (Å²) in [4.78, 5) is 4.52. The molecule has 118 valence electrons. The Bertz CT molecular complexity index is 418. The molecule has 0 saturated heterocycles. The summed E-state index contributed by atoms with van der Waals surface area (Å²) in [7, 11) is 6.36. The van der Waals surface area contributed by atoms with Crippen molar-refractivity contribution in [1.82, 2.24) is 15.1 Å². The van der Waals surface area contributed by atoms with Gasteiger partial charge in [0.05, 0.1) is 0 Å². The number of para-hydroxylation sites is 1. The molecule has 1 fully saturated rings. The Morgan fingerprint density at radius 2 is 1.86 bits per heavy atom. The lowest BCUT2D eigenvalue weighted by atomic mass is 10.2. The second-order valence-corrected chi connectivity index (χ2v) is 6.22. The summed E-state index contributed by atoms with van der Waals surface area (Å²) in [5.74, 6) is 1.02. The number of hydrogen-bond donors (Lipinski definition) is 1. The average molecular weight is 291 g/mol. The highest BCUT2D eigenvalue weighted by Crippen LogP contribution is 2.22. The maximum absolute atomic E-state index is 5.97. The molecule has 0 spiro atoms. The van der Waals surface area contributed by atoms with Crippen LogP contribution in [-0.4, -0.2) is 63.2 Å². The van der Waals surface area contributed by atoms with Crippen molar-refractivity contribution in [1.29, 1.82) is 0 Å². The predicted molar refractivity (Wildman–Crippen MR) is 87.8 cm³/mol. The molecular formula is C17H29N3O. The van der Waals surface area contributed by atoms with Crippen molar-refractivity contribution in [3.63, 3.8) is 0 Å². The number of hydrogen-bond acceptors (Lipinski definition) is 4. The summed E-state index contributed by atoms with van der Waals surface area (Å²) in [6.45, 7) is 4.76. The van der Waals surface area contributed by atoms with Crippen molar-refractivity contribution in [2.45, 2.75) is 25.4 Å². The highest BCUT2D eigenvalue weighted by atomic mass is 16.5. The van der Waals surface area contributed by atoms with Gasteiger partial charge in [-0.25, -0.2) is 0 Å². The molecule has 0 amide bonds. The van der Waals surface area contributed by atoms with Gasteiger partial charge >= 0.3 is 0 Å². The lowest BCUT2D eigenvalue weighted by molar-refractivity contribution is 0.221. The van der Waals surface area contributed by atoms with E-state index < -0.39 is 0 Å². The number of nitrogens with one attached hydrogen (secondary N) is 1. The van der Waals surface area contributed by atoms with E-state index in [-0.39, 0.29) is 0 Å². The molecule has 0 radical (unpaired) electrons. The molecule has 1 aromatic carbocycles. The Morgan fingerprint density at radius 1 is 1.10 bits per heavy atom. The smallest absolute Gasteiger partial charge is 0.123 e. The van der Waals surface area contributed by atoms with Gasteiger partial charge in [-0.2, -0.15) is 0 Å². The highest BCUT2D eigenvalue weighted by Gasteiger charge is 2.20. The van der Waals surface area contributed by atoms with Crippen LogP contribution in [0.1, 0.15) is 18.4 Å². The molecule has 0 aromatic heterocycles. The first kappa shape index (κ1) is 16.3. The molecule has 2 rings (SSSR count). The molecule has 0 bridgehead atoms. The van der Waals surface area contributed by atoms with Crippen molar-refractivity contribution in [2.75, 3.05) is 47.4 Å². The van der Waals surface area contributed by atoms with Crippen molar-refractivity contribution in [3.8, 4) is 5.75 Å². The summed E-state index contributed by atoms with van der Waals surface area (Å²) in [5.41, 5.74) is 1.26. The minimum Gasteiger partial charge on any atom is -0.492 e. The number of likely N-dealkylation sites (N-methyl/N-ethyl adjacent to an activating group) is 2. The van der Waals surface area contributed by atoms with E-state index in [4.69, 9.17) is 4.74 Å². The Hall–Kier alpha value is -1.10. The quantitative estimate of drug-likeness (QED) is 0.711. The van der Waals surface area contributed by atoms with Gasteiger partial charge < -0.3 is 19.9 Å². The van der Waals surface area contributed by atoms with E-state index in [1.54, 1.807) is 0 Å². The molecule has 0 heterocycles. The Morgan fingerprint density at radius 3 is 2.57 bits per heavy atom. The third-order valence-electron chi connectivity index (χ3n) is 3.79. The van der Waals surface area contributed by atoms with Crippen molar-refractivity contribution < 1.29 is 4.74 Å². The van der Waals surface area contributed by atoms with E-state index in [1.807, 2.05) is 6.07 Å². The van der Waals surface area contributed by atoms with Crippen LogP contribution >= 0.6 is 0 Å². The first-order chi connectivity index (χ1) is 10.1. The molecule has 1 aromatic rings. The monoisotopic (exact) mass is 291 g/mol. The van der Waals surface area contributed by atoms with E-state index >= 15 is 0 Å². The summed E-state index contributed by atoms with van der Waals surface area (Å²) >= 11 is 0. The molecule has 1 saturated carbocycles. The topological polar surface area (TPSA) is 27.7 Å². The summed E-state index contributed by atoms with van der Waals surface area (Å²) in [6.07, 6.45) is 2.64. The molecule has 4 nitrogen and oxygen atoms in total. The normalized spacial score (nSPS) is 14.9. The second-order valence-electron chi connectivity index (χ2n) is 6.22. The number of ether oxygens (including phenoxy) is 1. The molecule has 21 heavy (non-hydrogen) atoms. The zero-order chi connectivity index (χ0) is 15.1. The van der Waals surface area contributed by atoms with Crippen LogP contribution in [0.5, 0.6) is 5.75 Å². The van der Waals surface area contributed by atoms with E-state index in [0.29, 0.717) is 0 Å². The van der Waals surface area contributed by atoms with E-state index in [1.165, 1.54) is 18.4 Å². The fraction of sp³-hybridized carbons (Fsp3) is 0.647.